The van der Waals surface area contributed by atoms with Crippen molar-refractivity contribution in [3.05, 3.63) is 0 Å². The van der Waals surface area contributed by atoms with Gasteiger partial charge in [0.25, 0.3) is 0 Å². The van der Waals surface area contributed by atoms with E-state index in [4.69, 9.17) is 24.7 Å². The average Bonchev–Trinajstić information content (AvgIpc) is 2.38. The van der Waals surface area contributed by atoms with Crippen LogP contribution in [-0.4, -0.2) is 41.7 Å². The standard InChI is InChI=1S/C9H23NO3Si.C3H9N/c1-4-11-14(12-5-2,13-6-3)9-7-8-10;1-2-3-4/h4-10H2,1-3H3;2-4H2,1H3. The van der Waals surface area contributed by atoms with Crippen LogP contribution in [-0.2, 0) is 13.3 Å². The van der Waals surface area contributed by atoms with Gasteiger partial charge >= 0.3 is 8.80 Å². The van der Waals surface area contributed by atoms with E-state index in [2.05, 4.69) is 6.92 Å². The van der Waals surface area contributed by atoms with E-state index in [9.17, 15) is 0 Å². The van der Waals surface area contributed by atoms with Crippen molar-refractivity contribution in [2.45, 2.75) is 46.6 Å². The van der Waals surface area contributed by atoms with Gasteiger partial charge in [-0.15, -0.1) is 0 Å². The van der Waals surface area contributed by atoms with E-state index < -0.39 is 8.80 Å². The van der Waals surface area contributed by atoms with Crippen molar-refractivity contribution in [1.82, 2.24) is 0 Å². The molecule has 0 atom stereocenters. The fourth-order valence-electron chi connectivity index (χ4n) is 1.32. The molecule has 5 nitrogen and oxygen atoms in total. The van der Waals surface area contributed by atoms with Gasteiger partial charge in [0.2, 0.25) is 0 Å². The summed E-state index contributed by atoms with van der Waals surface area (Å²) in [5.41, 5.74) is 10.5. The van der Waals surface area contributed by atoms with Gasteiger partial charge in [0.1, 0.15) is 0 Å². The first-order chi connectivity index (χ1) is 8.66. The summed E-state index contributed by atoms with van der Waals surface area (Å²) in [5.74, 6) is 0. The maximum absolute atomic E-state index is 5.65. The molecule has 6 heteroatoms. The third kappa shape index (κ3) is 11.1. The van der Waals surface area contributed by atoms with Crippen LogP contribution in [0.4, 0.5) is 0 Å². The Hall–Kier alpha value is 0.0169. The van der Waals surface area contributed by atoms with E-state index in [-0.39, 0.29) is 0 Å². The summed E-state index contributed by atoms with van der Waals surface area (Å²) in [6.07, 6.45) is 1.99. The number of nitrogens with two attached hydrogens (primary N) is 2. The van der Waals surface area contributed by atoms with Crippen LogP contribution in [0.5, 0.6) is 0 Å². The average molecular weight is 280 g/mol. The van der Waals surface area contributed by atoms with E-state index >= 15 is 0 Å². The Morgan fingerprint density at radius 3 is 1.39 bits per heavy atom. The molecule has 0 bridgehead atoms. The summed E-state index contributed by atoms with van der Waals surface area (Å²) in [7, 11) is -2.40. The van der Waals surface area contributed by atoms with Crippen LogP contribution in [0, 0.1) is 0 Å². The van der Waals surface area contributed by atoms with Crippen molar-refractivity contribution in [3.63, 3.8) is 0 Å². The quantitative estimate of drug-likeness (QED) is 0.596. The highest BCUT2D eigenvalue weighted by molar-refractivity contribution is 6.60. The minimum absolute atomic E-state index is 0.636. The van der Waals surface area contributed by atoms with E-state index in [0.29, 0.717) is 26.4 Å². The predicted octanol–water partition coefficient (Wildman–Crippen LogP) is 1.74. The number of hydrogen-bond donors (Lipinski definition) is 2. The summed E-state index contributed by atoms with van der Waals surface area (Å²) in [5, 5.41) is 0. The molecule has 0 aromatic carbocycles. The van der Waals surface area contributed by atoms with Gasteiger partial charge in [-0.2, -0.15) is 0 Å². The van der Waals surface area contributed by atoms with Crippen LogP contribution in [0.15, 0.2) is 0 Å². The largest absolute Gasteiger partial charge is 0.500 e. The Balaban J connectivity index is 0. The van der Waals surface area contributed by atoms with Crippen molar-refractivity contribution in [2.75, 3.05) is 32.9 Å². The predicted molar refractivity (Wildman–Crippen MR) is 78.5 cm³/mol. The van der Waals surface area contributed by atoms with Crippen LogP contribution >= 0.6 is 0 Å². The molecule has 0 saturated carbocycles. The smallest absolute Gasteiger partial charge is 0.374 e. The minimum atomic E-state index is -2.40. The topological polar surface area (TPSA) is 79.7 Å². The third-order valence-electron chi connectivity index (χ3n) is 2.07. The highest BCUT2D eigenvalue weighted by Crippen LogP contribution is 2.17. The van der Waals surface area contributed by atoms with Crippen molar-refractivity contribution >= 4 is 8.80 Å². The van der Waals surface area contributed by atoms with Crippen LogP contribution < -0.4 is 11.5 Å². The molecule has 0 saturated heterocycles. The van der Waals surface area contributed by atoms with Crippen LogP contribution in [0.25, 0.3) is 0 Å². The van der Waals surface area contributed by atoms with Crippen LogP contribution in [0.1, 0.15) is 40.5 Å². The monoisotopic (exact) mass is 280 g/mol. The van der Waals surface area contributed by atoms with Gasteiger partial charge in [-0.1, -0.05) is 6.92 Å². The first kappa shape index (κ1) is 20.3. The Bertz CT molecular complexity index is 143. The summed E-state index contributed by atoms with van der Waals surface area (Å²) in [4.78, 5) is 0. The number of rotatable bonds is 10. The lowest BCUT2D eigenvalue weighted by molar-refractivity contribution is 0.0710. The van der Waals surface area contributed by atoms with Crippen molar-refractivity contribution in [1.29, 1.82) is 0 Å². The molecular formula is C12H32N2O3Si. The van der Waals surface area contributed by atoms with Crippen LogP contribution in [0.2, 0.25) is 6.04 Å². The zero-order valence-corrected chi connectivity index (χ0v) is 13.5. The van der Waals surface area contributed by atoms with Gasteiger partial charge < -0.3 is 24.7 Å². The summed E-state index contributed by atoms with van der Waals surface area (Å²) >= 11 is 0. The minimum Gasteiger partial charge on any atom is -0.374 e. The highest BCUT2D eigenvalue weighted by atomic mass is 28.4. The number of hydrogen-bond acceptors (Lipinski definition) is 5. The third-order valence-corrected chi connectivity index (χ3v) is 5.22. The van der Waals surface area contributed by atoms with E-state index in [1.54, 1.807) is 0 Å². The molecule has 0 fully saturated rings. The molecule has 0 aliphatic carbocycles. The van der Waals surface area contributed by atoms with Gasteiger partial charge in [-0.3, -0.25) is 0 Å². The van der Waals surface area contributed by atoms with E-state index in [1.807, 2.05) is 20.8 Å². The lowest BCUT2D eigenvalue weighted by Crippen LogP contribution is -2.46. The molecule has 0 aromatic heterocycles. The Labute approximate surface area is 114 Å². The van der Waals surface area contributed by atoms with Gasteiger partial charge in [-0.25, -0.2) is 0 Å². The first-order valence-electron chi connectivity index (χ1n) is 6.98. The molecule has 18 heavy (non-hydrogen) atoms. The molecule has 0 radical (unpaired) electrons. The fourth-order valence-corrected chi connectivity index (χ4v) is 3.96. The van der Waals surface area contributed by atoms with Gasteiger partial charge in [0.05, 0.1) is 0 Å². The van der Waals surface area contributed by atoms with E-state index in [1.165, 1.54) is 0 Å². The molecule has 0 aliphatic rings. The molecule has 112 valence electrons. The van der Waals surface area contributed by atoms with Crippen LogP contribution in [0.3, 0.4) is 0 Å². The lowest BCUT2D eigenvalue weighted by Gasteiger charge is -2.28. The second kappa shape index (κ2) is 15.1. The highest BCUT2D eigenvalue weighted by Gasteiger charge is 2.39. The second-order valence-electron chi connectivity index (χ2n) is 3.66. The van der Waals surface area contributed by atoms with Gasteiger partial charge in [-0.05, 0) is 46.7 Å². The SMILES string of the molecule is CCCN.CCO[Si](CCCN)(OCC)OCC. The molecule has 0 rings (SSSR count). The fraction of sp³-hybridized carbons (Fsp3) is 1.00. The molecule has 0 heterocycles. The molecule has 0 unspecified atom stereocenters. The van der Waals surface area contributed by atoms with E-state index in [0.717, 1.165) is 25.4 Å². The van der Waals surface area contributed by atoms with Crippen molar-refractivity contribution in [2.24, 2.45) is 11.5 Å². The van der Waals surface area contributed by atoms with Crippen molar-refractivity contribution < 1.29 is 13.3 Å². The zero-order chi connectivity index (χ0) is 14.3. The molecule has 0 spiro atoms. The molecular weight excluding hydrogens is 248 g/mol. The molecule has 0 aliphatic heterocycles. The first-order valence-corrected chi connectivity index (χ1v) is 8.91. The molecule has 0 amide bonds. The summed E-state index contributed by atoms with van der Waals surface area (Å²) in [6, 6.07) is 0.818. The lowest BCUT2D eigenvalue weighted by atomic mass is 10.5. The van der Waals surface area contributed by atoms with Gasteiger partial charge in [0, 0.05) is 25.9 Å². The van der Waals surface area contributed by atoms with Crippen molar-refractivity contribution in [3.8, 4) is 0 Å². The second-order valence-corrected chi connectivity index (χ2v) is 6.40. The molecule has 4 N–H and O–H groups in total. The summed E-state index contributed by atoms with van der Waals surface area (Å²) in [6.45, 7) is 11.3. The maximum Gasteiger partial charge on any atom is 0.500 e. The zero-order valence-electron chi connectivity index (χ0n) is 12.5. The maximum atomic E-state index is 5.65. The van der Waals surface area contributed by atoms with Gasteiger partial charge in [0.15, 0.2) is 0 Å². The Kier molecular flexibility index (Phi) is 17.0. The summed E-state index contributed by atoms with van der Waals surface area (Å²) < 4.78 is 17.0. The normalized spacial score (nSPS) is 11.0. The Morgan fingerprint density at radius 1 is 0.778 bits per heavy atom. The Morgan fingerprint density at radius 2 is 1.17 bits per heavy atom. The molecule has 0 aromatic rings.